The van der Waals surface area contributed by atoms with E-state index in [2.05, 4.69) is 17.4 Å². The lowest BCUT2D eigenvalue weighted by Crippen LogP contribution is -2.48. The third-order valence-electron chi connectivity index (χ3n) is 8.96. The largest absolute Gasteiger partial charge is 0.352 e. The van der Waals surface area contributed by atoms with Crippen molar-refractivity contribution in [3.8, 4) is 0 Å². The molecule has 0 aliphatic heterocycles. The Kier molecular flexibility index (Phi) is 6.49. The highest BCUT2D eigenvalue weighted by Crippen LogP contribution is 2.60. The summed E-state index contributed by atoms with van der Waals surface area (Å²) < 4.78 is 26.5. The molecule has 5 fully saturated rings. The number of anilines is 1. The molecule has 1 aromatic rings. The number of carbonyl (C=O) groups excluding carboxylic acids is 1. The molecule has 182 valence electrons. The van der Waals surface area contributed by atoms with Gasteiger partial charge in [-0.25, -0.2) is 8.42 Å². The smallest absolute Gasteiger partial charge is 0.240 e. The van der Waals surface area contributed by atoms with Crippen LogP contribution < -0.4 is 9.62 Å². The molecule has 0 unspecified atom stereocenters. The molecule has 5 nitrogen and oxygen atoms in total. The van der Waals surface area contributed by atoms with Gasteiger partial charge in [0.25, 0.3) is 0 Å². The average molecular weight is 473 g/mol. The molecule has 33 heavy (non-hydrogen) atoms. The number of benzene rings is 1. The fraction of sp³-hybridized carbons (Fsp3) is 0.741. The van der Waals surface area contributed by atoms with Gasteiger partial charge in [-0.1, -0.05) is 44.2 Å². The van der Waals surface area contributed by atoms with Crippen molar-refractivity contribution in [3.63, 3.8) is 0 Å². The van der Waals surface area contributed by atoms with Crippen molar-refractivity contribution in [2.75, 3.05) is 17.1 Å². The van der Waals surface area contributed by atoms with E-state index in [0.717, 1.165) is 43.4 Å². The van der Waals surface area contributed by atoms with Crippen LogP contribution in [0.2, 0.25) is 0 Å². The van der Waals surface area contributed by atoms with Crippen LogP contribution in [0.4, 0.5) is 5.69 Å². The monoisotopic (exact) mass is 472 g/mol. The number of nitrogens with one attached hydrogen (secondary N) is 1. The van der Waals surface area contributed by atoms with Gasteiger partial charge in [0.05, 0.1) is 11.9 Å². The van der Waals surface area contributed by atoms with Gasteiger partial charge in [0.2, 0.25) is 15.9 Å². The van der Waals surface area contributed by atoms with Crippen molar-refractivity contribution in [1.29, 1.82) is 0 Å². The first kappa shape index (κ1) is 23.2. The van der Waals surface area contributed by atoms with Crippen molar-refractivity contribution in [2.45, 2.75) is 94.9 Å². The third-order valence-corrected chi connectivity index (χ3v) is 10.1. The van der Waals surface area contributed by atoms with E-state index in [1.54, 1.807) is 0 Å². The fourth-order valence-corrected chi connectivity index (χ4v) is 8.71. The highest BCUT2D eigenvalue weighted by molar-refractivity contribution is 7.92. The Bertz CT molecular complexity index is 913. The van der Waals surface area contributed by atoms with E-state index >= 15 is 0 Å². The van der Waals surface area contributed by atoms with E-state index in [9.17, 15) is 13.2 Å². The predicted molar refractivity (Wildman–Crippen MR) is 133 cm³/mol. The lowest BCUT2D eigenvalue weighted by molar-refractivity contribution is -0.120. The zero-order chi connectivity index (χ0) is 23.1. The van der Waals surface area contributed by atoms with Gasteiger partial charge in [-0.15, -0.1) is 0 Å². The summed E-state index contributed by atoms with van der Waals surface area (Å²) in [5, 5.41) is 3.11. The number of sulfonamides is 1. The van der Waals surface area contributed by atoms with Crippen molar-refractivity contribution in [3.05, 3.63) is 29.8 Å². The van der Waals surface area contributed by atoms with E-state index in [0.29, 0.717) is 11.1 Å². The number of amides is 1. The van der Waals surface area contributed by atoms with Crippen LogP contribution in [0.25, 0.3) is 0 Å². The molecular formula is C27H40N2O3S. The average Bonchev–Trinajstić information content (AvgIpc) is 2.72. The van der Waals surface area contributed by atoms with E-state index in [-0.39, 0.29) is 18.5 Å². The highest BCUT2D eigenvalue weighted by Gasteiger charge is 2.51. The molecule has 6 rings (SSSR count). The maximum atomic E-state index is 12.8. The molecule has 0 aromatic heterocycles. The number of nitrogens with zero attached hydrogens (tertiary/aromatic N) is 1. The Balaban J connectivity index is 1.29. The Morgan fingerprint density at radius 3 is 1.94 bits per heavy atom. The van der Waals surface area contributed by atoms with Gasteiger partial charge in [-0.05, 0) is 92.2 Å². The minimum atomic E-state index is -3.55. The first-order valence-electron chi connectivity index (χ1n) is 13.2. The van der Waals surface area contributed by atoms with Crippen LogP contribution in [0.15, 0.2) is 24.3 Å². The fourth-order valence-electron chi connectivity index (χ4n) is 7.85. The van der Waals surface area contributed by atoms with Crippen LogP contribution in [0, 0.1) is 17.8 Å². The van der Waals surface area contributed by atoms with Crippen LogP contribution >= 0.6 is 0 Å². The summed E-state index contributed by atoms with van der Waals surface area (Å²) in [5.74, 6) is 2.43. The lowest BCUT2D eigenvalue weighted by Gasteiger charge is -2.57. The summed E-state index contributed by atoms with van der Waals surface area (Å²) in [6.07, 6.45) is 17.3. The normalized spacial score (nSPS) is 32.2. The Morgan fingerprint density at radius 1 is 0.909 bits per heavy atom. The Labute approximate surface area is 199 Å². The standard InChI is InChI=1S/C27H40N2O3S/c1-33(31,32)29(19-26(30)28-24-7-5-3-2-4-6-8-24)25-11-9-23(10-12-25)27-16-20-13-21(17-27)15-22(14-20)18-27/h9-12,20-22,24H,2-8,13-19H2,1H3,(H,28,30). The topological polar surface area (TPSA) is 66.5 Å². The lowest BCUT2D eigenvalue weighted by atomic mass is 9.48. The van der Waals surface area contributed by atoms with Crippen LogP contribution in [0.1, 0.15) is 89.0 Å². The molecule has 0 spiro atoms. The van der Waals surface area contributed by atoms with Crippen molar-refractivity contribution < 1.29 is 13.2 Å². The Hall–Kier alpha value is -1.56. The van der Waals surface area contributed by atoms with Gasteiger partial charge >= 0.3 is 0 Å². The van der Waals surface area contributed by atoms with Gasteiger partial charge in [0, 0.05) is 6.04 Å². The van der Waals surface area contributed by atoms with E-state index in [1.165, 1.54) is 73.9 Å². The summed E-state index contributed by atoms with van der Waals surface area (Å²) >= 11 is 0. The molecule has 0 radical (unpaired) electrons. The molecule has 0 atom stereocenters. The number of hydrogen-bond donors (Lipinski definition) is 1. The van der Waals surface area contributed by atoms with E-state index in [1.807, 2.05) is 12.1 Å². The molecule has 1 amide bonds. The highest BCUT2D eigenvalue weighted by atomic mass is 32.2. The zero-order valence-electron chi connectivity index (χ0n) is 20.1. The molecule has 5 saturated carbocycles. The van der Waals surface area contributed by atoms with Crippen LogP contribution in [-0.2, 0) is 20.2 Å². The molecule has 6 heteroatoms. The van der Waals surface area contributed by atoms with Gasteiger partial charge in [0.1, 0.15) is 6.54 Å². The van der Waals surface area contributed by atoms with Crippen LogP contribution in [0.3, 0.4) is 0 Å². The second-order valence-electron chi connectivity index (χ2n) is 11.6. The predicted octanol–water partition coefficient (Wildman–Crippen LogP) is 5.15. The summed E-state index contributed by atoms with van der Waals surface area (Å²) in [7, 11) is -3.55. The minimum absolute atomic E-state index is 0.147. The summed E-state index contributed by atoms with van der Waals surface area (Å²) in [4.78, 5) is 12.8. The maximum Gasteiger partial charge on any atom is 0.240 e. The number of rotatable bonds is 6. The van der Waals surface area contributed by atoms with E-state index < -0.39 is 10.0 Å². The molecule has 5 aliphatic carbocycles. The van der Waals surface area contributed by atoms with Gasteiger partial charge in [-0.3, -0.25) is 9.10 Å². The molecule has 0 heterocycles. The quantitative estimate of drug-likeness (QED) is 0.623. The number of hydrogen-bond acceptors (Lipinski definition) is 3. The summed E-state index contributed by atoms with van der Waals surface area (Å²) in [6, 6.07) is 8.31. The first-order valence-corrected chi connectivity index (χ1v) is 15.0. The van der Waals surface area contributed by atoms with Crippen molar-refractivity contribution in [1.82, 2.24) is 5.32 Å². The third kappa shape index (κ3) is 5.11. The van der Waals surface area contributed by atoms with Gasteiger partial charge in [-0.2, -0.15) is 0 Å². The zero-order valence-corrected chi connectivity index (χ0v) is 20.9. The maximum absolute atomic E-state index is 12.8. The first-order chi connectivity index (χ1) is 15.8. The number of carbonyl (C=O) groups is 1. The molecular weight excluding hydrogens is 432 g/mol. The molecule has 1 N–H and O–H groups in total. The van der Waals surface area contributed by atoms with Crippen molar-refractivity contribution >= 4 is 21.6 Å². The summed E-state index contributed by atoms with van der Waals surface area (Å²) in [5.41, 5.74) is 2.26. The van der Waals surface area contributed by atoms with Crippen molar-refractivity contribution in [2.24, 2.45) is 17.8 Å². The van der Waals surface area contributed by atoms with E-state index in [4.69, 9.17) is 0 Å². The molecule has 1 aromatic carbocycles. The minimum Gasteiger partial charge on any atom is -0.352 e. The van der Waals surface area contributed by atoms with Gasteiger partial charge < -0.3 is 5.32 Å². The van der Waals surface area contributed by atoms with Crippen LogP contribution in [-0.4, -0.2) is 33.2 Å². The molecule has 4 bridgehead atoms. The molecule has 5 aliphatic rings. The van der Waals surface area contributed by atoms with Gasteiger partial charge in [0.15, 0.2) is 0 Å². The summed E-state index contributed by atoms with van der Waals surface area (Å²) in [6.45, 7) is -0.147. The van der Waals surface area contributed by atoms with Crippen LogP contribution in [0.5, 0.6) is 0 Å². The molecule has 0 saturated heterocycles. The second-order valence-corrected chi connectivity index (χ2v) is 13.5. The second kappa shape index (κ2) is 9.24. The Morgan fingerprint density at radius 2 is 1.42 bits per heavy atom. The SMILES string of the molecule is CS(=O)(=O)N(CC(=O)NC1CCCCCCC1)c1ccc(C23CC4CC(CC(C4)C2)C3)cc1.